The molecule has 0 aromatic heterocycles. The first-order chi connectivity index (χ1) is 7.15. The summed E-state index contributed by atoms with van der Waals surface area (Å²) in [5.74, 6) is 0.920. The van der Waals surface area contributed by atoms with Gasteiger partial charge in [-0.15, -0.1) is 11.8 Å². The van der Waals surface area contributed by atoms with Crippen LogP contribution in [-0.2, 0) is 0 Å². The number of rotatable bonds is 5. The fourth-order valence-corrected chi connectivity index (χ4v) is 1.88. The Balaban J connectivity index is 2.68. The maximum Gasteiger partial charge on any atom is 0.198 e. The first kappa shape index (κ1) is 12.3. The van der Waals surface area contributed by atoms with Gasteiger partial charge in [0.2, 0.25) is 0 Å². The molecular formula is C12H13ClOS. The van der Waals surface area contributed by atoms with Crippen LogP contribution in [0.2, 0.25) is 5.02 Å². The van der Waals surface area contributed by atoms with Gasteiger partial charge < -0.3 is 0 Å². The zero-order chi connectivity index (χ0) is 11.3. The first-order valence-electron chi connectivity index (χ1n) is 4.77. The Morgan fingerprint density at radius 2 is 2.00 bits per heavy atom. The highest BCUT2D eigenvalue weighted by Gasteiger charge is 2.09. The van der Waals surface area contributed by atoms with Gasteiger partial charge in [0.15, 0.2) is 5.78 Å². The highest BCUT2D eigenvalue weighted by Crippen LogP contribution is 2.20. The Kier molecular flexibility index (Phi) is 4.92. The van der Waals surface area contributed by atoms with Crippen molar-refractivity contribution in [2.75, 3.05) is 5.75 Å². The lowest BCUT2D eigenvalue weighted by atomic mass is 10.1. The quantitative estimate of drug-likeness (QED) is 0.567. The second-order valence-corrected chi connectivity index (χ2v) is 4.73. The van der Waals surface area contributed by atoms with Crippen molar-refractivity contribution in [3.05, 3.63) is 46.3 Å². The molecule has 0 saturated heterocycles. The van der Waals surface area contributed by atoms with Crippen LogP contribution in [0.5, 0.6) is 0 Å². The minimum Gasteiger partial charge on any atom is -0.288 e. The van der Waals surface area contributed by atoms with E-state index in [4.69, 9.17) is 11.6 Å². The predicted octanol–water partition coefficient (Wildman–Crippen LogP) is 4.18. The number of carbonyl (C=O) groups excluding carboxylic acids is 1. The molecule has 0 saturated carbocycles. The van der Waals surface area contributed by atoms with Gasteiger partial charge in [-0.05, 0) is 36.4 Å². The van der Waals surface area contributed by atoms with Gasteiger partial charge in [-0.1, -0.05) is 25.1 Å². The number of benzene rings is 1. The molecule has 0 bridgehead atoms. The van der Waals surface area contributed by atoms with Gasteiger partial charge in [-0.2, -0.15) is 0 Å². The van der Waals surface area contributed by atoms with Crippen LogP contribution in [-0.4, -0.2) is 11.5 Å². The summed E-state index contributed by atoms with van der Waals surface area (Å²) in [6, 6.07) is 6.88. The molecule has 0 N–H and O–H groups in total. The standard InChI is InChI=1S/C12H13ClOS/c1-3-8-15-9(2)12(14)10-4-6-11(13)7-5-10/h4-7H,2-3,8H2,1H3. The lowest BCUT2D eigenvalue weighted by Gasteiger charge is -2.03. The first-order valence-corrected chi connectivity index (χ1v) is 6.13. The number of Topliss-reactive ketones (excluding diaryl/α,β-unsaturated/α-hetero) is 1. The van der Waals surface area contributed by atoms with Crippen LogP contribution < -0.4 is 0 Å². The van der Waals surface area contributed by atoms with E-state index in [0.717, 1.165) is 12.2 Å². The molecule has 0 unspecified atom stereocenters. The number of hydrogen-bond donors (Lipinski definition) is 0. The molecule has 1 nitrogen and oxygen atoms in total. The highest BCUT2D eigenvalue weighted by atomic mass is 35.5. The number of thioether (sulfide) groups is 1. The van der Waals surface area contributed by atoms with Gasteiger partial charge in [-0.3, -0.25) is 4.79 Å². The summed E-state index contributed by atoms with van der Waals surface area (Å²) in [7, 11) is 0. The van der Waals surface area contributed by atoms with Gasteiger partial charge in [0.05, 0.1) is 0 Å². The lowest BCUT2D eigenvalue weighted by Crippen LogP contribution is -1.99. The summed E-state index contributed by atoms with van der Waals surface area (Å²) < 4.78 is 0. The van der Waals surface area contributed by atoms with Crippen molar-refractivity contribution in [2.45, 2.75) is 13.3 Å². The largest absolute Gasteiger partial charge is 0.288 e. The van der Waals surface area contributed by atoms with Crippen LogP contribution in [0, 0.1) is 0 Å². The SMILES string of the molecule is C=C(SCCC)C(=O)c1ccc(Cl)cc1. The van der Waals surface area contributed by atoms with E-state index in [2.05, 4.69) is 13.5 Å². The van der Waals surface area contributed by atoms with Crippen molar-refractivity contribution >= 4 is 29.1 Å². The molecule has 0 aliphatic carbocycles. The van der Waals surface area contributed by atoms with E-state index >= 15 is 0 Å². The minimum absolute atomic E-state index is 0.00915. The minimum atomic E-state index is -0.00915. The van der Waals surface area contributed by atoms with Crippen LogP contribution in [0.4, 0.5) is 0 Å². The third kappa shape index (κ3) is 3.73. The molecule has 1 aromatic carbocycles. The van der Waals surface area contributed by atoms with Crippen molar-refractivity contribution < 1.29 is 4.79 Å². The van der Waals surface area contributed by atoms with Crippen molar-refractivity contribution in [1.82, 2.24) is 0 Å². The van der Waals surface area contributed by atoms with E-state index in [1.54, 1.807) is 24.3 Å². The fourth-order valence-electron chi connectivity index (χ4n) is 1.05. The van der Waals surface area contributed by atoms with Crippen molar-refractivity contribution in [3.63, 3.8) is 0 Å². The molecular weight excluding hydrogens is 228 g/mol. The average Bonchev–Trinajstić information content (AvgIpc) is 2.26. The zero-order valence-electron chi connectivity index (χ0n) is 8.63. The number of carbonyl (C=O) groups is 1. The summed E-state index contributed by atoms with van der Waals surface area (Å²) in [5, 5.41) is 0.637. The third-order valence-corrected chi connectivity index (χ3v) is 3.24. The van der Waals surface area contributed by atoms with Crippen LogP contribution in [0.15, 0.2) is 35.7 Å². The van der Waals surface area contributed by atoms with E-state index in [9.17, 15) is 4.79 Å². The molecule has 80 valence electrons. The fraction of sp³-hybridized carbons (Fsp3) is 0.250. The molecule has 3 heteroatoms. The molecule has 0 heterocycles. The van der Waals surface area contributed by atoms with Gasteiger partial charge in [0, 0.05) is 15.5 Å². The number of halogens is 1. The van der Waals surface area contributed by atoms with Crippen molar-refractivity contribution in [2.24, 2.45) is 0 Å². The second-order valence-electron chi connectivity index (χ2n) is 3.11. The van der Waals surface area contributed by atoms with E-state index in [0.29, 0.717) is 15.5 Å². The molecule has 15 heavy (non-hydrogen) atoms. The maximum atomic E-state index is 11.8. The molecule has 1 rings (SSSR count). The molecule has 1 aromatic rings. The predicted molar refractivity (Wildman–Crippen MR) is 67.7 cm³/mol. The van der Waals surface area contributed by atoms with Gasteiger partial charge in [0.1, 0.15) is 0 Å². The number of hydrogen-bond acceptors (Lipinski definition) is 2. The Bertz CT molecular complexity index is 356. The summed E-state index contributed by atoms with van der Waals surface area (Å²) >= 11 is 7.25. The van der Waals surface area contributed by atoms with Gasteiger partial charge >= 0.3 is 0 Å². The van der Waals surface area contributed by atoms with E-state index < -0.39 is 0 Å². The molecule has 0 aliphatic heterocycles. The van der Waals surface area contributed by atoms with Crippen LogP contribution >= 0.6 is 23.4 Å². The van der Waals surface area contributed by atoms with Gasteiger partial charge in [0.25, 0.3) is 0 Å². The molecule has 0 fully saturated rings. The molecule has 0 amide bonds. The van der Waals surface area contributed by atoms with E-state index in [1.807, 2.05) is 0 Å². The Morgan fingerprint density at radius 1 is 1.40 bits per heavy atom. The molecule has 0 aliphatic rings. The molecule has 0 spiro atoms. The highest BCUT2D eigenvalue weighted by molar-refractivity contribution is 8.04. The van der Waals surface area contributed by atoms with Gasteiger partial charge in [-0.25, -0.2) is 0 Å². The van der Waals surface area contributed by atoms with Crippen LogP contribution in [0.1, 0.15) is 23.7 Å². The summed E-state index contributed by atoms with van der Waals surface area (Å²) in [4.78, 5) is 12.4. The van der Waals surface area contributed by atoms with Crippen molar-refractivity contribution in [1.29, 1.82) is 0 Å². The van der Waals surface area contributed by atoms with Crippen LogP contribution in [0.3, 0.4) is 0 Å². The molecule has 0 radical (unpaired) electrons. The van der Waals surface area contributed by atoms with E-state index in [-0.39, 0.29) is 5.78 Å². The second kappa shape index (κ2) is 5.99. The zero-order valence-corrected chi connectivity index (χ0v) is 10.2. The third-order valence-electron chi connectivity index (χ3n) is 1.84. The summed E-state index contributed by atoms with van der Waals surface area (Å²) in [6.07, 6.45) is 1.04. The summed E-state index contributed by atoms with van der Waals surface area (Å²) in [5.41, 5.74) is 0.646. The maximum absolute atomic E-state index is 11.8. The van der Waals surface area contributed by atoms with Crippen molar-refractivity contribution in [3.8, 4) is 0 Å². The summed E-state index contributed by atoms with van der Waals surface area (Å²) in [6.45, 7) is 5.85. The number of allylic oxidation sites excluding steroid dienone is 1. The normalized spacial score (nSPS) is 10.0. The Hall–Kier alpha value is -0.730. The average molecular weight is 241 g/mol. The lowest BCUT2D eigenvalue weighted by molar-refractivity contribution is 0.104. The monoisotopic (exact) mass is 240 g/mol. The smallest absolute Gasteiger partial charge is 0.198 e. The Labute approximate surface area is 99.5 Å². The molecule has 0 atom stereocenters. The Morgan fingerprint density at radius 3 is 2.53 bits per heavy atom. The number of ketones is 1. The van der Waals surface area contributed by atoms with E-state index in [1.165, 1.54) is 11.8 Å². The van der Waals surface area contributed by atoms with Crippen LogP contribution in [0.25, 0.3) is 0 Å². The topological polar surface area (TPSA) is 17.1 Å².